The molecule has 0 amide bonds. The van der Waals surface area contributed by atoms with Crippen molar-refractivity contribution >= 4 is 32.7 Å². The van der Waals surface area contributed by atoms with Crippen LogP contribution >= 0.6 is 0 Å². The van der Waals surface area contributed by atoms with E-state index in [2.05, 4.69) is 36.4 Å². The minimum absolute atomic E-state index is 0.127. The van der Waals surface area contributed by atoms with Crippen molar-refractivity contribution in [2.45, 2.75) is 38.3 Å². The SMILES string of the molecule is CNS(=O)(=O)Cn1c(=O)c2cnc(Nc3ccc4c(c3)CNCC4)nc2n1-c1cccc(C(C)(C)O)n1. The van der Waals surface area contributed by atoms with Gasteiger partial charge in [0.05, 0.1) is 5.69 Å². The van der Waals surface area contributed by atoms with Crippen molar-refractivity contribution < 1.29 is 13.5 Å². The van der Waals surface area contributed by atoms with Crippen LogP contribution in [0.5, 0.6) is 0 Å². The molecule has 0 atom stereocenters. The molecule has 194 valence electrons. The van der Waals surface area contributed by atoms with Gasteiger partial charge in [-0.1, -0.05) is 12.1 Å². The lowest BCUT2D eigenvalue weighted by molar-refractivity contribution is 0.0738. The number of hydrogen-bond acceptors (Lipinski definition) is 9. The standard InChI is InChI=1S/C24H28N8O4S/c1-24(2,34)19-5-4-6-20(29-19)32-21-18(22(33)31(32)14-37(35,36)25-3)13-27-23(30-21)28-17-8-7-15-9-10-26-12-16(15)11-17/h4-8,11,13,25-26,34H,9-10,12,14H2,1-3H3,(H,27,28,30). The predicted molar refractivity (Wildman–Crippen MR) is 139 cm³/mol. The predicted octanol–water partition coefficient (Wildman–Crippen LogP) is 1.10. The highest BCUT2D eigenvalue weighted by atomic mass is 32.2. The Labute approximate surface area is 213 Å². The summed E-state index contributed by atoms with van der Waals surface area (Å²) in [7, 11) is -2.56. The molecule has 12 nitrogen and oxygen atoms in total. The molecule has 4 N–H and O–H groups in total. The van der Waals surface area contributed by atoms with Crippen LogP contribution in [0.3, 0.4) is 0 Å². The van der Waals surface area contributed by atoms with Crippen LogP contribution in [0.4, 0.5) is 11.6 Å². The first-order valence-electron chi connectivity index (χ1n) is 11.8. The first kappa shape index (κ1) is 25.0. The molecule has 0 saturated carbocycles. The molecule has 4 heterocycles. The van der Waals surface area contributed by atoms with Crippen LogP contribution in [0.2, 0.25) is 0 Å². The lowest BCUT2D eigenvalue weighted by atomic mass is 10.0. The highest BCUT2D eigenvalue weighted by Gasteiger charge is 2.24. The van der Waals surface area contributed by atoms with E-state index in [0.717, 1.165) is 29.9 Å². The van der Waals surface area contributed by atoms with E-state index in [0.29, 0.717) is 5.69 Å². The molecule has 1 aliphatic heterocycles. The van der Waals surface area contributed by atoms with E-state index in [-0.39, 0.29) is 22.8 Å². The first-order chi connectivity index (χ1) is 17.6. The first-order valence-corrected chi connectivity index (χ1v) is 13.4. The number of nitrogens with one attached hydrogen (secondary N) is 3. The maximum absolute atomic E-state index is 13.3. The number of benzene rings is 1. The Morgan fingerprint density at radius 2 is 1.97 bits per heavy atom. The third-order valence-corrected chi connectivity index (χ3v) is 7.41. The summed E-state index contributed by atoms with van der Waals surface area (Å²) < 4.78 is 29.5. The van der Waals surface area contributed by atoms with Crippen LogP contribution in [-0.2, 0) is 34.5 Å². The van der Waals surface area contributed by atoms with Gasteiger partial charge in [0, 0.05) is 18.4 Å². The smallest absolute Gasteiger partial charge is 0.279 e. The van der Waals surface area contributed by atoms with Crippen LogP contribution < -0.4 is 20.9 Å². The molecule has 3 aromatic heterocycles. The molecule has 0 bridgehead atoms. The molecule has 0 spiro atoms. The number of rotatable bonds is 7. The molecular weight excluding hydrogens is 496 g/mol. The Morgan fingerprint density at radius 1 is 1.16 bits per heavy atom. The van der Waals surface area contributed by atoms with Crippen molar-refractivity contribution in [2.24, 2.45) is 0 Å². The van der Waals surface area contributed by atoms with Gasteiger partial charge in [0.2, 0.25) is 16.0 Å². The second-order valence-electron chi connectivity index (χ2n) is 9.37. The number of anilines is 2. The van der Waals surface area contributed by atoms with Crippen LogP contribution in [0.1, 0.15) is 30.7 Å². The number of fused-ring (bicyclic) bond motifs is 2. The fraction of sp³-hybridized carbons (Fsp3) is 0.333. The number of sulfonamides is 1. The van der Waals surface area contributed by atoms with Gasteiger partial charge in [-0.2, -0.15) is 4.98 Å². The van der Waals surface area contributed by atoms with E-state index in [1.54, 1.807) is 32.0 Å². The Hall–Kier alpha value is -3.65. The Kier molecular flexibility index (Phi) is 6.31. The van der Waals surface area contributed by atoms with Crippen LogP contribution in [0.15, 0.2) is 47.4 Å². The minimum Gasteiger partial charge on any atom is -0.384 e. The summed E-state index contributed by atoms with van der Waals surface area (Å²) in [6.45, 7) is 4.89. The van der Waals surface area contributed by atoms with Gasteiger partial charge in [-0.15, -0.1) is 0 Å². The lowest BCUT2D eigenvalue weighted by Gasteiger charge is -2.19. The summed E-state index contributed by atoms with van der Waals surface area (Å²) in [4.78, 5) is 26.7. The van der Waals surface area contributed by atoms with Crippen LogP contribution in [0, 0.1) is 0 Å². The molecule has 0 radical (unpaired) electrons. The summed E-state index contributed by atoms with van der Waals surface area (Å²) in [5.74, 6) is -0.201. The molecule has 4 aromatic rings. The fourth-order valence-corrected chi connectivity index (χ4v) is 4.92. The molecule has 1 aromatic carbocycles. The van der Waals surface area contributed by atoms with Crippen molar-refractivity contribution in [3.05, 3.63) is 69.8 Å². The largest absolute Gasteiger partial charge is 0.384 e. The molecule has 37 heavy (non-hydrogen) atoms. The Balaban J connectivity index is 1.66. The Bertz CT molecular complexity index is 1650. The van der Waals surface area contributed by atoms with Crippen LogP contribution in [0.25, 0.3) is 16.9 Å². The molecule has 0 aliphatic carbocycles. The normalized spacial score (nSPS) is 14.1. The maximum Gasteiger partial charge on any atom is 0.279 e. The number of hydrogen-bond donors (Lipinski definition) is 4. The monoisotopic (exact) mass is 524 g/mol. The quantitative estimate of drug-likeness (QED) is 0.278. The number of nitrogens with zero attached hydrogens (tertiary/aromatic N) is 5. The van der Waals surface area contributed by atoms with E-state index in [1.807, 2.05) is 12.1 Å². The molecule has 0 fully saturated rings. The van der Waals surface area contributed by atoms with Crippen molar-refractivity contribution in [3.63, 3.8) is 0 Å². The van der Waals surface area contributed by atoms with Gasteiger partial charge >= 0.3 is 0 Å². The van der Waals surface area contributed by atoms with Crippen molar-refractivity contribution in [1.29, 1.82) is 0 Å². The molecule has 5 rings (SSSR count). The zero-order valence-electron chi connectivity index (χ0n) is 20.7. The van der Waals surface area contributed by atoms with E-state index >= 15 is 0 Å². The highest BCUT2D eigenvalue weighted by Crippen LogP contribution is 2.24. The number of pyridine rings is 1. The van der Waals surface area contributed by atoms with Gasteiger partial charge in [-0.25, -0.2) is 32.5 Å². The summed E-state index contributed by atoms with van der Waals surface area (Å²) in [5, 5.41) is 17.1. The zero-order chi connectivity index (χ0) is 26.4. The highest BCUT2D eigenvalue weighted by molar-refractivity contribution is 7.88. The number of aromatic nitrogens is 5. The van der Waals surface area contributed by atoms with Crippen molar-refractivity contribution in [1.82, 2.24) is 34.4 Å². The van der Waals surface area contributed by atoms with Crippen molar-refractivity contribution in [3.8, 4) is 5.82 Å². The maximum atomic E-state index is 13.3. The summed E-state index contributed by atoms with van der Waals surface area (Å²) in [5.41, 5.74) is 1.93. The van der Waals surface area contributed by atoms with E-state index < -0.39 is 27.1 Å². The second-order valence-corrected chi connectivity index (χ2v) is 11.3. The lowest BCUT2D eigenvalue weighted by Crippen LogP contribution is -2.32. The van der Waals surface area contributed by atoms with Gasteiger partial charge in [-0.05, 0) is 69.3 Å². The van der Waals surface area contributed by atoms with Crippen molar-refractivity contribution in [2.75, 3.05) is 18.9 Å². The summed E-state index contributed by atoms with van der Waals surface area (Å²) >= 11 is 0. The molecule has 0 saturated heterocycles. The van der Waals surface area contributed by atoms with Gasteiger partial charge < -0.3 is 15.7 Å². The topological polar surface area (TPSA) is 156 Å². The fourth-order valence-electron chi connectivity index (χ4n) is 4.23. The average Bonchev–Trinajstić information content (AvgIpc) is 3.13. The van der Waals surface area contributed by atoms with Crippen LogP contribution in [-0.4, -0.2) is 51.4 Å². The molecule has 1 aliphatic rings. The summed E-state index contributed by atoms with van der Waals surface area (Å²) in [6.07, 6.45) is 2.33. The molecular formula is C24H28N8O4S. The van der Waals surface area contributed by atoms with E-state index in [4.69, 9.17) is 0 Å². The molecule has 13 heteroatoms. The van der Waals surface area contributed by atoms with E-state index in [9.17, 15) is 18.3 Å². The molecule has 0 unspecified atom stereocenters. The third kappa shape index (κ3) is 4.98. The Morgan fingerprint density at radius 3 is 2.73 bits per heavy atom. The second kappa shape index (κ2) is 9.34. The van der Waals surface area contributed by atoms with Gasteiger partial charge in [0.25, 0.3) is 5.56 Å². The van der Waals surface area contributed by atoms with E-state index in [1.165, 1.54) is 29.1 Å². The van der Waals surface area contributed by atoms with Gasteiger partial charge in [0.15, 0.2) is 17.3 Å². The minimum atomic E-state index is -3.83. The van der Waals surface area contributed by atoms with Gasteiger partial charge in [-0.3, -0.25) is 4.79 Å². The van der Waals surface area contributed by atoms with Gasteiger partial charge in [0.1, 0.15) is 11.0 Å². The number of aliphatic hydroxyl groups is 1. The third-order valence-electron chi connectivity index (χ3n) is 6.21. The summed E-state index contributed by atoms with van der Waals surface area (Å²) in [6, 6.07) is 11.0. The average molecular weight is 525 g/mol. The zero-order valence-corrected chi connectivity index (χ0v) is 21.5.